The van der Waals surface area contributed by atoms with Gasteiger partial charge in [0.05, 0.1) is 0 Å². The number of amides is 1. The van der Waals surface area contributed by atoms with Crippen LogP contribution in [-0.2, 0) is 11.2 Å². The number of nitrogens with one attached hydrogen (secondary N) is 1. The summed E-state index contributed by atoms with van der Waals surface area (Å²) < 4.78 is 5.69. The Morgan fingerprint density at radius 2 is 1.81 bits per heavy atom. The summed E-state index contributed by atoms with van der Waals surface area (Å²) in [5, 5.41) is 14.8. The molecule has 0 bridgehead atoms. The van der Waals surface area contributed by atoms with E-state index in [-0.39, 0.29) is 5.54 Å². The highest BCUT2D eigenvalue weighted by Crippen LogP contribution is 2.40. The molecule has 0 spiro atoms. The molecule has 152 valence electrons. The maximum Gasteiger partial charge on any atom is 0.405 e. The molecule has 1 aliphatic carbocycles. The van der Waals surface area contributed by atoms with E-state index < -0.39 is 23.2 Å². The van der Waals surface area contributed by atoms with Crippen molar-refractivity contribution in [1.82, 2.24) is 5.32 Å². The van der Waals surface area contributed by atoms with Gasteiger partial charge in [-0.3, -0.25) is 0 Å². The molecule has 1 saturated carbocycles. The summed E-state index contributed by atoms with van der Waals surface area (Å²) in [5.74, 6) is 0. The Bertz CT molecular complexity index is 606. The van der Waals surface area contributed by atoms with Gasteiger partial charge in [-0.15, -0.1) is 0 Å². The van der Waals surface area contributed by atoms with Crippen molar-refractivity contribution < 1.29 is 14.6 Å². The van der Waals surface area contributed by atoms with Crippen LogP contribution in [0.1, 0.15) is 65.4 Å². The van der Waals surface area contributed by atoms with Crippen molar-refractivity contribution in [3.05, 3.63) is 35.9 Å². The molecule has 1 amide bonds. The fourth-order valence-corrected chi connectivity index (χ4v) is 4.24. The molecule has 5 heteroatoms. The normalized spacial score (nSPS) is 20.5. The minimum atomic E-state index is -1.13. The average Bonchev–Trinajstić information content (AvgIpc) is 2.59. The van der Waals surface area contributed by atoms with Gasteiger partial charge >= 0.3 is 6.09 Å². The van der Waals surface area contributed by atoms with Crippen molar-refractivity contribution in [3.63, 3.8) is 0 Å². The van der Waals surface area contributed by atoms with Crippen molar-refractivity contribution in [2.24, 2.45) is 11.1 Å². The summed E-state index contributed by atoms with van der Waals surface area (Å²) in [6.07, 6.45) is 4.52. The largest absolute Gasteiger partial charge is 0.439 e. The number of hydrogen-bond donors (Lipinski definition) is 3. The van der Waals surface area contributed by atoms with E-state index in [4.69, 9.17) is 10.5 Å². The molecule has 27 heavy (non-hydrogen) atoms. The van der Waals surface area contributed by atoms with Gasteiger partial charge in [0.25, 0.3) is 0 Å². The molecular weight excluding hydrogens is 340 g/mol. The maximum atomic E-state index is 11.8. The number of carbonyl (C=O) groups excluding carboxylic acids is 1. The van der Waals surface area contributed by atoms with Crippen LogP contribution in [0.2, 0.25) is 0 Å². The molecule has 4 N–H and O–H groups in total. The van der Waals surface area contributed by atoms with Crippen LogP contribution >= 0.6 is 0 Å². The number of nitrogens with two attached hydrogens (primary N) is 1. The van der Waals surface area contributed by atoms with Crippen molar-refractivity contribution >= 4 is 6.09 Å². The van der Waals surface area contributed by atoms with E-state index in [0.29, 0.717) is 13.0 Å². The second-order valence-electron chi connectivity index (χ2n) is 9.24. The van der Waals surface area contributed by atoms with Crippen molar-refractivity contribution in [3.8, 4) is 0 Å². The Morgan fingerprint density at radius 3 is 2.33 bits per heavy atom. The minimum Gasteiger partial charge on any atom is -0.439 e. The van der Waals surface area contributed by atoms with E-state index in [2.05, 4.69) is 12.2 Å². The molecule has 2 atom stereocenters. The van der Waals surface area contributed by atoms with Crippen LogP contribution in [0.4, 0.5) is 4.79 Å². The lowest BCUT2D eigenvalue weighted by Crippen LogP contribution is -2.62. The Balaban J connectivity index is 2.27. The number of ether oxygens (including phenoxy) is 1. The number of rotatable bonds is 7. The highest BCUT2D eigenvalue weighted by atomic mass is 16.6. The van der Waals surface area contributed by atoms with Gasteiger partial charge in [0.15, 0.2) is 0 Å². The second-order valence-corrected chi connectivity index (χ2v) is 9.24. The van der Waals surface area contributed by atoms with Crippen LogP contribution in [0.25, 0.3) is 0 Å². The van der Waals surface area contributed by atoms with Gasteiger partial charge < -0.3 is 20.9 Å². The van der Waals surface area contributed by atoms with Crippen LogP contribution in [0, 0.1) is 5.41 Å². The van der Waals surface area contributed by atoms with E-state index in [9.17, 15) is 9.90 Å². The molecule has 1 fully saturated rings. The fraction of sp³-hybridized carbons (Fsp3) is 0.682. The number of benzene rings is 1. The topological polar surface area (TPSA) is 84.6 Å². The van der Waals surface area contributed by atoms with E-state index in [1.54, 1.807) is 0 Å². The quantitative estimate of drug-likeness (QED) is 0.676. The molecule has 0 radical (unpaired) electrons. The van der Waals surface area contributed by atoms with Crippen LogP contribution < -0.4 is 11.1 Å². The number of β-amino-alcohol motifs (C(OH)–C–C–N with tert-alkyl or cyclic N) is 1. The van der Waals surface area contributed by atoms with Crippen LogP contribution in [0.15, 0.2) is 30.3 Å². The number of aliphatic hydroxyl groups excluding tert-OH is 1. The first-order chi connectivity index (χ1) is 12.6. The van der Waals surface area contributed by atoms with Crippen molar-refractivity contribution in [1.29, 1.82) is 0 Å². The van der Waals surface area contributed by atoms with Crippen LogP contribution in [0.3, 0.4) is 0 Å². The van der Waals surface area contributed by atoms with E-state index in [0.717, 1.165) is 18.4 Å². The first-order valence-electron chi connectivity index (χ1n) is 10.0. The molecule has 0 heterocycles. The van der Waals surface area contributed by atoms with E-state index in [1.807, 2.05) is 51.1 Å². The number of aliphatic hydroxyl groups is 1. The lowest BCUT2D eigenvalue weighted by Gasteiger charge is -2.47. The zero-order valence-corrected chi connectivity index (χ0v) is 17.3. The first kappa shape index (κ1) is 21.7. The third-order valence-corrected chi connectivity index (χ3v) is 6.08. The lowest BCUT2D eigenvalue weighted by atomic mass is 9.69. The zero-order valence-electron chi connectivity index (χ0n) is 17.3. The molecule has 1 aliphatic rings. The van der Waals surface area contributed by atoms with Gasteiger partial charge in [-0.2, -0.15) is 0 Å². The predicted molar refractivity (Wildman–Crippen MR) is 108 cm³/mol. The lowest BCUT2D eigenvalue weighted by molar-refractivity contribution is -0.142. The molecule has 0 aliphatic heterocycles. The van der Waals surface area contributed by atoms with Crippen molar-refractivity contribution in [2.75, 3.05) is 6.54 Å². The van der Waals surface area contributed by atoms with E-state index >= 15 is 0 Å². The van der Waals surface area contributed by atoms with Gasteiger partial charge in [-0.25, -0.2) is 4.79 Å². The van der Waals surface area contributed by atoms with Crippen LogP contribution in [0.5, 0.6) is 0 Å². The third kappa shape index (κ3) is 5.45. The standard InChI is InChI=1S/C22H36N2O3/c1-20(2,3)22(27-19(23)26,15-17-11-7-5-8-12-17)18(25)16-24-21(4)13-9-6-10-14-21/h5,7-8,11-12,18,24-25H,6,9-10,13-16H2,1-4H3,(H2,23,26)/t18-,22-/m1/s1. The molecular formula is C22H36N2O3. The van der Waals surface area contributed by atoms with Crippen molar-refractivity contribution in [2.45, 2.75) is 83.5 Å². The summed E-state index contributed by atoms with van der Waals surface area (Å²) in [6, 6.07) is 9.79. The SMILES string of the molecule is CC1(NC[C@@H](O)[C@@](Cc2ccccc2)(OC(N)=O)C(C)(C)C)CCCCC1. The Kier molecular flexibility index (Phi) is 6.92. The highest BCUT2D eigenvalue weighted by Gasteiger charge is 2.51. The van der Waals surface area contributed by atoms with Gasteiger partial charge in [0.1, 0.15) is 11.7 Å². The van der Waals surface area contributed by atoms with Gasteiger partial charge in [-0.05, 0) is 25.3 Å². The highest BCUT2D eigenvalue weighted by molar-refractivity contribution is 5.65. The summed E-state index contributed by atoms with van der Waals surface area (Å²) in [4.78, 5) is 11.8. The predicted octanol–water partition coefficient (Wildman–Crippen LogP) is 3.78. The summed E-state index contributed by atoms with van der Waals surface area (Å²) in [7, 11) is 0. The third-order valence-electron chi connectivity index (χ3n) is 6.08. The van der Waals surface area contributed by atoms with Gasteiger partial charge in [0.2, 0.25) is 0 Å². The Labute approximate surface area is 163 Å². The molecule has 0 saturated heterocycles. The number of hydrogen-bond acceptors (Lipinski definition) is 4. The summed E-state index contributed by atoms with van der Waals surface area (Å²) in [6.45, 7) is 8.50. The second kappa shape index (κ2) is 8.61. The summed E-state index contributed by atoms with van der Waals surface area (Å²) >= 11 is 0. The Hall–Kier alpha value is -1.59. The Morgan fingerprint density at radius 1 is 1.22 bits per heavy atom. The van der Waals surface area contributed by atoms with E-state index in [1.165, 1.54) is 19.3 Å². The monoisotopic (exact) mass is 376 g/mol. The zero-order chi connectivity index (χ0) is 20.1. The fourth-order valence-electron chi connectivity index (χ4n) is 4.24. The molecule has 5 nitrogen and oxygen atoms in total. The number of primary amides is 1. The van der Waals surface area contributed by atoms with Crippen LogP contribution in [-0.4, -0.2) is 35.0 Å². The molecule has 1 aromatic carbocycles. The molecule has 0 aromatic heterocycles. The molecule has 2 rings (SSSR count). The minimum absolute atomic E-state index is 0.0162. The smallest absolute Gasteiger partial charge is 0.405 e. The maximum absolute atomic E-state index is 11.8. The average molecular weight is 377 g/mol. The van der Waals surface area contributed by atoms with Gasteiger partial charge in [-0.1, -0.05) is 70.4 Å². The number of carbonyl (C=O) groups is 1. The van der Waals surface area contributed by atoms with Gasteiger partial charge in [0, 0.05) is 23.9 Å². The first-order valence-corrected chi connectivity index (χ1v) is 10.0. The molecule has 0 unspecified atom stereocenters. The summed E-state index contributed by atoms with van der Waals surface area (Å²) in [5.41, 5.74) is 4.82. The molecule has 1 aromatic rings.